The summed E-state index contributed by atoms with van der Waals surface area (Å²) in [6, 6.07) is 3.56. The van der Waals surface area contributed by atoms with Gasteiger partial charge < -0.3 is 9.47 Å². The summed E-state index contributed by atoms with van der Waals surface area (Å²) in [5.74, 6) is 1.92. The van der Waals surface area contributed by atoms with Crippen LogP contribution in [0.25, 0.3) is 0 Å². The smallest absolute Gasteiger partial charge is 0.254 e. The minimum Gasteiger partial charge on any atom is -0.493 e. The van der Waals surface area contributed by atoms with Gasteiger partial charge in [0.2, 0.25) is 0 Å². The molecule has 1 aliphatic heterocycles. The van der Waals surface area contributed by atoms with E-state index in [0.717, 1.165) is 11.4 Å². The molecule has 27 heavy (non-hydrogen) atoms. The topological polar surface area (TPSA) is 68.2 Å². The molecule has 140 valence electrons. The molecule has 0 aromatic heterocycles. The van der Waals surface area contributed by atoms with Gasteiger partial charge in [0.1, 0.15) is 0 Å². The van der Waals surface area contributed by atoms with E-state index in [-0.39, 0.29) is 35.5 Å². The lowest BCUT2D eigenvalue weighted by molar-refractivity contribution is -0.140. The Morgan fingerprint density at radius 3 is 2.26 bits per heavy atom. The number of carbonyl (C=O) groups excluding carboxylic acids is 2. The molecule has 0 unspecified atom stereocenters. The third kappa shape index (κ3) is 2.33. The van der Waals surface area contributed by atoms with Crippen LogP contribution in [-0.4, -0.2) is 37.3 Å². The van der Waals surface area contributed by atoms with Crippen molar-refractivity contribution < 1.29 is 19.1 Å². The number of ether oxygens (including phenoxy) is 2. The maximum absolute atomic E-state index is 12.9. The quantitative estimate of drug-likeness (QED) is 0.418. The fraction of sp³-hybridized carbons (Fsp3) is 0.450. The Bertz CT molecular complexity index is 875. The standard InChI is InChI=1S/C20H19BrN2O4/c1-26-15-6-9(5-14(21)18(15)27-2)8-22-23-19(24)16-10-3-4-11(13-7-12(10)13)17(16)20(23)25/h3-6,8,10-13,16-17H,7H2,1-2H3/b22-8-/t10-,11-,12-,13+,16-,17-/m1/s1. The molecule has 6 rings (SSSR count). The monoisotopic (exact) mass is 430 g/mol. The molecular formula is C20H19BrN2O4. The first-order valence-electron chi connectivity index (χ1n) is 9.06. The van der Waals surface area contributed by atoms with Crippen molar-refractivity contribution in [2.24, 2.45) is 40.6 Å². The van der Waals surface area contributed by atoms with Gasteiger partial charge in [0, 0.05) is 0 Å². The van der Waals surface area contributed by atoms with Crippen LogP contribution in [0.5, 0.6) is 11.5 Å². The van der Waals surface area contributed by atoms with Crippen LogP contribution >= 0.6 is 15.9 Å². The van der Waals surface area contributed by atoms with Gasteiger partial charge in [-0.2, -0.15) is 10.1 Å². The van der Waals surface area contributed by atoms with Crippen molar-refractivity contribution in [3.05, 3.63) is 34.3 Å². The maximum atomic E-state index is 12.9. The molecule has 5 aliphatic rings. The summed E-state index contributed by atoms with van der Waals surface area (Å²) in [5, 5.41) is 5.33. The molecule has 6 atom stereocenters. The van der Waals surface area contributed by atoms with Crippen LogP contribution < -0.4 is 9.47 Å². The van der Waals surface area contributed by atoms with Crippen molar-refractivity contribution in [2.45, 2.75) is 6.42 Å². The molecule has 1 heterocycles. The third-order valence-corrected chi connectivity index (χ3v) is 7.01. The van der Waals surface area contributed by atoms with Crippen molar-refractivity contribution >= 4 is 34.0 Å². The molecule has 0 spiro atoms. The molecule has 4 aliphatic carbocycles. The summed E-state index contributed by atoms with van der Waals surface area (Å²) in [6.45, 7) is 0. The highest BCUT2D eigenvalue weighted by Gasteiger charge is 2.67. The van der Waals surface area contributed by atoms with Crippen LogP contribution in [-0.2, 0) is 9.59 Å². The van der Waals surface area contributed by atoms with Gasteiger partial charge >= 0.3 is 0 Å². The molecule has 1 aromatic rings. The molecule has 0 N–H and O–H groups in total. The molecule has 0 radical (unpaired) electrons. The fourth-order valence-corrected chi connectivity index (χ4v) is 5.81. The molecule has 7 heteroatoms. The van der Waals surface area contributed by atoms with Crippen LogP contribution in [0.3, 0.4) is 0 Å². The van der Waals surface area contributed by atoms with E-state index in [0.29, 0.717) is 33.4 Å². The Balaban J connectivity index is 1.43. The highest BCUT2D eigenvalue weighted by molar-refractivity contribution is 9.10. The minimum atomic E-state index is -0.231. The lowest BCUT2D eigenvalue weighted by Crippen LogP contribution is -2.40. The van der Waals surface area contributed by atoms with Crippen molar-refractivity contribution in [1.82, 2.24) is 5.01 Å². The molecule has 2 bridgehead atoms. The summed E-state index contributed by atoms with van der Waals surface area (Å²) >= 11 is 3.44. The van der Waals surface area contributed by atoms with Crippen molar-refractivity contribution in [3.8, 4) is 11.5 Å². The number of nitrogens with zero attached hydrogens (tertiary/aromatic N) is 2. The summed E-state index contributed by atoms with van der Waals surface area (Å²) < 4.78 is 11.3. The Labute approximate surface area is 165 Å². The van der Waals surface area contributed by atoms with Gasteiger partial charge in [-0.1, -0.05) is 12.2 Å². The van der Waals surface area contributed by atoms with E-state index >= 15 is 0 Å². The number of benzene rings is 1. The molecule has 1 saturated heterocycles. The zero-order valence-corrected chi connectivity index (χ0v) is 16.5. The predicted molar refractivity (Wildman–Crippen MR) is 101 cm³/mol. The number of rotatable bonds is 4. The first-order valence-corrected chi connectivity index (χ1v) is 9.86. The number of hydrazone groups is 1. The fourth-order valence-electron chi connectivity index (χ4n) is 5.19. The number of hydrogen-bond donors (Lipinski definition) is 0. The van der Waals surface area contributed by atoms with Gasteiger partial charge in [0.05, 0.1) is 36.7 Å². The molecule has 3 fully saturated rings. The van der Waals surface area contributed by atoms with Crippen LogP contribution in [0, 0.1) is 35.5 Å². The molecule has 6 nitrogen and oxygen atoms in total. The van der Waals surface area contributed by atoms with Gasteiger partial charge in [-0.15, -0.1) is 0 Å². The van der Waals surface area contributed by atoms with Crippen LogP contribution in [0.1, 0.15) is 12.0 Å². The summed E-state index contributed by atoms with van der Waals surface area (Å²) in [6.07, 6.45) is 6.99. The SMILES string of the molecule is COc1cc(/C=N\N2C(=O)[C@@H]3[C@@H]4C=C[C@H]([C@@H]5C[C@H]45)[C@H]3C2=O)cc(Br)c1OC. The predicted octanol–water partition coefficient (Wildman–Crippen LogP) is 2.85. The number of carbonyl (C=O) groups is 2. The van der Waals surface area contributed by atoms with Crippen LogP contribution in [0.15, 0.2) is 33.9 Å². The Morgan fingerprint density at radius 2 is 1.70 bits per heavy atom. The van der Waals surface area contributed by atoms with Gasteiger partial charge in [-0.05, 0) is 63.7 Å². The highest BCUT2D eigenvalue weighted by Crippen LogP contribution is 2.65. The second-order valence-electron chi connectivity index (χ2n) is 7.63. The number of allylic oxidation sites excluding steroid dienone is 2. The average molecular weight is 431 g/mol. The summed E-state index contributed by atoms with van der Waals surface area (Å²) in [4.78, 5) is 25.8. The Kier molecular flexibility index (Phi) is 3.73. The first kappa shape index (κ1) is 17.0. The normalized spacial score (nSPS) is 35.6. The summed E-state index contributed by atoms with van der Waals surface area (Å²) in [7, 11) is 3.12. The van der Waals surface area contributed by atoms with Crippen LogP contribution in [0.4, 0.5) is 0 Å². The van der Waals surface area contributed by atoms with E-state index < -0.39 is 0 Å². The van der Waals surface area contributed by atoms with Gasteiger partial charge in [-0.25, -0.2) is 0 Å². The number of amides is 2. The largest absolute Gasteiger partial charge is 0.493 e. The maximum Gasteiger partial charge on any atom is 0.254 e. The van der Waals surface area contributed by atoms with Crippen molar-refractivity contribution in [2.75, 3.05) is 14.2 Å². The highest BCUT2D eigenvalue weighted by atomic mass is 79.9. The second-order valence-corrected chi connectivity index (χ2v) is 8.48. The Morgan fingerprint density at radius 1 is 1.07 bits per heavy atom. The number of halogens is 1. The average Bonchev–Trinajstić information content (AvgIpc) is 3.45. The molecule has 2 saturated carbocycles. The van der Waals surface area contributed by atoms with E-state index in [1.54, 1.807) is 20.3 Å². The second kappa shape index (κ2) is 5.92. The number of methoxy groups -OCH3 is 2. The zero-order valence-electron chi connectivity index (χ0n) is 15.0. The van der Waals surface area contributed by atoms with Gasteiger partial charge in [0.15, 0.2) is 11.5 Å². The first-order chi connectivity index (χ1) is 13.0. The van der Waals surface area contributed by atoms with Gasteiger partial charge in [-0.3, -0.25) is 9.59 Å². The molecular weight excluding hydrogens is 412 g/mol. The van der Waals surface area contributed by atoms with Crippen LogP contribution in [0.2, 0.25) is 0 Å². The molecule has 2 amide bonds. The van der Waals surface area contributed by atoms with E-state index in [1.165, 1.54) is 6.21 Å². The van der Waals surface area contributed by atoms with E-state index in [1.807, 2.05) is 6.07 Å². The zero-order chi connectivity index (χ0) is 18.9. The number of hydrogen-bond acceptors (Lipinski definition) is 5. The lowest BCUT2D eigenvalue weighted by atomic mass is 9.63. The van der Waals surface area contributed by atoms with E-state index in [4.69, 9.17) is 9.47 Å². The van der Waals surface area contributed by atoms with E-state index in [2.05, 4.69) is 33.2 Å². The minimum absolute atomic E-state index is 0.162. The van der Waals surface area contributed by atoms with Crippen molar-refractivity contribution in [1.29, 1.82) is 0 Å². The number of imide groups is 1. The lowest BCUT2D eigenvalue weighted by Gasteiger charge is -2.37. The Hall–Kier alpha value is -2.15. The summed E-state index contributed by atoms with van der Waals surface area (Å²) in [5.41, 5.74) is 0.707. The third-order valence-electron chi connectivity index (χ3n) is 6.42. The van der Waals surface area contributed by atoms with E-state index in [9.17, 15) is 9.59 Å². The molecule has 1 aromatic carbocycles. The van der Waals surface area contributed by atoms with Gasteiger partial charge in [0.25, 0.3) is 11.8 Å². The van der Waals surface area contributed by atoms with Crippen molar-refractivity contribution in [3.63, 3.8) is 0 Å².